The summed E-state index contributed by atoms with van der Waals surface area (Å²) in [6.07, 6.45) is 0.761. The van der Waals surface area contributed by atoms with E-state index >= 15 is 0 Å². The molecule has 0 aliphatic carbocycles. The van der Waals surface area contributed by atoms with E-state index in [2.05, 4.69) is 39.2 Å². The number of nitrogens with one attached hydrogen (secondary N) is 1. The second kappa shape index (κ2) is 6.25. The lowest BCUT2D eigenvalue weighted by Crippen LogP contribution is -2.27. The fourth-order valence-corrected chi connectivity index (χ4v) is 2.73. The van der Waals surface area contributed by atoms with Crippen LogP contribution in [0.5, 0.6) is 0 Å². The lowest BCUT2D eigenvalue weighted by atomic mass is 10.1. The van der Waals surface area contributed by atoms with Crippen LogP contribution in [0.25, 0.3) is 0 Å². The maximum absolute atomic E-state index is 6.08. The monoisotopic (exact) mass is 289 g/mol. The average Bonchev–Trinajstić information content (AvgIpc) is 2.64. The molecule has 0 spiro atoms. The highest BCUT2D eigenvalue weighted by molar-refractivity contribution is 9.10. The molecule has 0 saturated carbocycles. The number of aliphatic imine (C=N–C) groups is 1. The number of nitrogens with zero attached hydrogens (tertiary/aromatic N) is 1. The summed E-state index contributed by atoms with van der Waals surface area (Å²) >= 11 is 5.10. The van der Waals surface area contributed by atoms with Gasteiger partial charge < -0.3 is 11.1 Å². The highest BCUT2D eigenvalue weighted by atomic mass is 79.9. The maximum Gasteiger partial charge on any atom is 0.0978 e. The minimum absolute atomic E-state index is 0.0269. The number of hydrogen-bond donors (Lipinski definition) is 2. The molecule has 0 amide bonds. The minimum atomic E-state index is 0.0269. The molecule has 0 aromatic carbocycles. The van der Waals surface area contributed by atoms with Crippen LogP contribution >= 0.6 is 27.3 Å². The van der Waals surface area contributed by atoms with Crippen LogP contribution in [-0.4, -0.2) is 19.4 Å². The van der Waals surface area contributed by atoms with Crippen LogP contribution in [0.15, 0.2) is 20.9 Å². The molecule has 0 saturated heterocycles. The Bertz CT molecular complexity index is 335. The van der Waals surface area contributed by atoms with Crippen molar-refractivity contribution >= 4 is 33.1 Å². The largest absolute Gasteiger partial charge is 0.374 e. The van der Waals surface area contributed by atoms with Crippen LogP contribution < -0.4 is 11.1 Å². The molecule has 1 rings (SSSR count). The maximum atomic E-state index is 6.08. The number of nitrogens with two attached hydrogens (primary N) is 1. The lowest BCUT2D eigenvalue weighted by molar-refractivity contribution is 0.752. The van der Waals surface area contributed by atoms with Crippen LogP contribution in [0.1, 0.15) is 24.3 Å². The Hall–Kier alpha value is -0.390. The van der Waals surface area contributed by atoms with Crippen LogP contribution in [0.4, 0.5) is 0 Å². The lowest BCUT2D eigenvalue weighted by Gasteiger charge is -2.12. The van der Waals surface area contributed by atoms with Gasteiger partial charge in [0.05, 0.1) is 5.84 Å². The Morgan fingerprint density at radius 2 is 2.47 bits per heavy atom. The van der Waals surface area contributed by atoms with Gasteiger partial charge in [0.2, 0.25) is 0 Å². The van der Waals surface area contributed by atoms with Gasteiger partial charge in [-0.05, 0) is 28.9 Å². The molecule has 0 bridgehead atoms. The Labute approximate surface area is 103 Å². The van der Waals surface area contributed by atoms with Crippen molar-refractivity contribution in [2.45, 2.75) is 19.4 Å². The minimum Gasteiger partial charge on any atom is -0.374 e. The molecule has 3 N–H and O–H groups in total. The number of amidine groups is 1. The van der Waals surface area contributed by atoms with Gasteiger partial charge in [0.25, 0.3) is 0 Å². The van der Waals surface area contributed by atoms with Gasteiger partial charge in [0.15, 0.2) is 0 Å². The van der Waals surface area contributed by atoms with Crippen molar-refractivity contribution in [2.24, 2.45) is 10.7 Å². The quantitative estimate of drug-likeness (QED) is 0.661. The van der Waals surface area contributed by atoms with Crippen LogP contribution in [0, 0.1) is 0 Å². The van der Waals surface area contributed by atoms with Gasteiger partial charge in [0, 0.05) is 40.8 Å². The van der Waals surface area contributed by atoms with E-state index in [4.69, 9.17) is 5.73 Å². The molecule has 1 aromatic heterocycles. The summed E-state index contributed by atoms with van der Waals surface area (Å²) < 4.78 is 1.09. The highest BCUT2D eigenvalue weighted by Gasteiger charge is 2.11. The van der Waals surface area contributed by atoms with Crippen LogP contribution in [0.2, 0.25) is 0 Å². The third-order valence-corrected chi connectivity index (χ3v) is 3.84. The van der Waals surface area contributed by atoms with Crippen molar-refractivity contribution in [3.05, 3.63) is 20.8 Å². The first-order valence-electron chi connectivity index (χ1n) is 4.86. The molecule has 0 aliphatic heterocycles. The van der Waals surface area contributed by atoms with Crippen molar-refractivity contribution in [3.63, 3.8) is 0 Å². The van der Waals surface area contributed by atoms with Crippen molar-refractivity contribution in [3.8, 4) is 0 Å². The number of hydrogen-bond acceptors (Lipinski definition) is 3. The van der Waals surface area contributed by atoms with Gasteiger partial charge in [0.1, 0.15) is 0 Å². The van der Waals surface area contributed by atoms with Gasteiger partial charge in [-0.15, -0.1) is 11.3 Å². The first-order valence-corrected chi connectivity index (χ1v) is 6.53. The molecular formula is C10H16BrN3S. The number of thiophene rings is 1. The molecule has 0 aliphatic rings. The standard InChI is InChI=1S/C10H16BrN3S/c1-3-14-10(13-2)5-8(12)9-4-7(11)6-15-9/h4,6,8H,3,5,12H2,1-2H3,(H,13,14). The van der Waals surface area contributed by atoms with E-state index in [1.807, 2.05) is 5.38 Å². The second-order valence-corrected chi connectivity index (χ2v) is 5.04. The summed E-state index contributed by atoms with van der Waals surface area (Å²) in [4.78, 5) is 5.35. The third kappa shape index (κ3) is 3.93. The van der Waals surface area contributed by atoms with Gasteiger partial charge in [-0.25, -0.2) is 0 Å². The predicted molar refractivity (Wildman–Crippen MR) is 70.6 cm³/mol. The molecule has 15 heavy (non-hydrogen) atoms. The van der Waals surface area contributed by atoms with Gasteiger partial charge in [-0.2, -0.15) is 0 Å². The highest BCUT2D eigenvalue weighted by Crippen LogP contribution is 2.25. The van der Waals surface area contributed by atoms with E-state index in [0.29, 0.717) is 0 Å². The summed E-state index contributed by atoms with van der Waals surface area (Å²) in [5.74, 6) is 0.967. The topological polar surface area (TPSA) is 50.4 Å². The molecule has 3 nitrogen and oxygen atoms in total. The zero-order valence-corrected chi connectivity index (χ0v) is 11.4. The van der Waals surface area contributed by atoms with Crippen LogP contribution in [-0.2, 0) is 0 Å². The SMILES string of the molecule is CCNC(CC(N)c1cc(Br)cs1)=NC. The van der Waals surface area contributed by atoms with E-state index in [1.165, 1.54) is 4.88 Å². The zero-order chi connectivity index (χ0) is 11.3. The van der Waals surface area contributed by atoms with E-state index in [-0.39, 0.29) is 6.04 Å². The summed E-state index contributed by atoms with van der Waals surface area (Å²) in [6.45, 7) is 2.94. The smallest absolute Gasteiger partial charge is 0.0978 e. The van der Waals surface area contributed by atoms with Crippen molar-refractivity contribution < 1.29 is 0 Å². The van der Waals surface area contributed by atoms with Crippen LogP contribution in [0.3, 0.4) is 0 Å². The Morgan fingerprint density at radius 3 is 2.93 bits per heavy atom. The molecule has 1 heterocycles. The van der Waals surface area contributed by atoms with E-state index in [1.54, 1.807) is 18.4 Å². The van der Waals surface area contributed by atoms with E-state index in [0.717, 1.165) is 23.3 Å². The van der Waals surface area contributed by atoms with E-state index in [9.17, 15) is 0 Å². The van der Waals surface area contributed by atoms with Crippen molar-refractivity contribution in [1.29, 1.82) is 0 Å². The van der Waals surface area contributed by atoms with Gasteiger partial charge in [-0.1, -0.05) is 0 Å². The Balaban J connectivity index is 2.58. The zero-order valence-electron chi connectivity index (χ0n) is 8.96. The Kier molecular flexibility index (Phi) is 5.28. The Morgan fingerprint density at radius 1 is 1.73 bits per heavy atom. The van der Waals surface area contributed by atoms with Crippen molar-refractivity contribution in [1.82, 2.24) is 5.32 Å². The van der Waals surface area contributed by atoms with Gasteiger partial charge in [-0.3, -0.25) is 4.99 Å². The molecule has 1 atom stereocenters. The molecule has 84 valence electrons. The number of halogens is 1. The summed E-state index contributed by atoms with van der Waals surface area (Å²) in [5.41, 5.74) is 6.08. The summed E-state index contributed by atoms with van der Waals surface area (Å²) in [5, 5.41) is 5.25. The fraction of sp³-hybridized carbons (Fsp3) is 0.500. The molecule has 0 radical (unpaired) electrons. The molecule has 1 unspecified atom stereocenters. The first kappa shape index (κ1) is 12.7. The van der Waals surface area contributed by atoms with Crippen molar-refractivity contribution in [2.75, 3.05) is 13.6 Å². The molecule has 0 fully saturated rings. The third-order valence-electron chi connectivity index (χ3n) is 2.02. The molecule has 1 aromatic rings. The average molecular weight is 290 g/mol. The van der Waals surface area contributed by atoms with Gasteiger partial charge >= 0.3 is 0 Å². The summed E-state index contributed by atoms with van der Waals surface area (Å²) in [6, 6.07) is 2.09. The second-order valence-electron chi connectivity index (χ2n) is 3.18. The summed E-state index contributed by atoms with van der Waals surface area (Å²) in [7, 11) is 1.79. The molecule has 5 heteroatoms. The fourth-order valence-electron chi connectivity index (χ4n) is 1.28. The number of rotatable bonds is 4. The molecular weight excluding hydrogens is 274 g/mol. The van der Waals surface area contributed by atoms with E-state index < -0.39 is 0 Å². The normalized spacial score (nSPS) is 14.0. The first-order chi connectivity index (χ1) is 7.17. The predicted octanol–water partition coefficient (Wildman–Crippen LogP) is 2.54.